The Morgan fingerprint density at radius 3 is 2.57 bits per heavy atom. The molecule has 0 fully saturated rings. The highest BCUT2D eigenvalue weighted by Gasteiger charge is 2.13. The molecule has 3 nitrogen and oxygen atoms in total. The number of hydrogen-bond donors (Lipinski definition) is 2. The fourth-order valence-corrected chi connectivity index (χ4v) is 0.874. The van der Waals surface area contributed by atoms with Crippen LogP contribution in [0.3, 0.4) is 0 Å². The van der Waals surface area contributed by atoms with Gasteiger partial charge < -0.3 is 15.2 Å². The lowest BCUT2D eigenvalue weighted by atomic mass is 10.2. The molecule has 84 valence electrons. The highest BCUT2D eigenvalue weighted by molar-refractivity contribution is 6.29. The van der Waals surface area contributed by atoms with E-state index in [0.717, 1.165) is 0 Å². The van der Waals surface area contributed by atoms with Gasteiger partial charge in [0.05, 0.1) is 18.3 Å². The van der Waals surface area contributed by atoms with Crippen LogP contribution in [-0.4, -0.2) is 36.5 Å². The molecule has 0 rings (SSSR count). The molecule has 0 amide bonds. The van der Waals surface area contributed by atoms with E-state index in [1.165, 1.54) is 0 Å². The zero-order valence-corrected chi connectivity index (χ0v) is 9.90. The van der Waals surface area contributed by atoms with Crippen molar-refractivity contribution >= 4 is 11.6 Å². The van der Waals surface area contributed by atoms with Crippen molar-refractivity contribution in [1.82, 2.24) is 5.32 Å². The summed E-state index contributed by atoms with van der Waals surface area (Å²) < 4.78 is 5.40. The number of aliphatic hydroxyl groups excluding tert-OH is 1. The summed E-state index contributed by atoms with van der Waals surface area (Å²) >= 11 is 5.54. The molecule has 0 saturated heterocycles. The standard InChI is InChI=1S/C10H20ClNO2/c1-8(11)5-12-6-9(13)7-14-10(2,3)4/h9,12-13H,1,5-7H2,2-4H3. The van der Waals surface area contributed by atoms with Gasteiger partial charge in [-0.2, -0.15) is 0 Å². The average Bonchev–Trinajstić information content (AvgIpc) is 1.99. The molecule has 0 aliphatic heterocycles. The lowest BCUT2D eigenvalue weighted by Gasteiger charge is -2.22. The summed E-state index contributed by atoms with van der Waals surface area (Å²) in [6, 6.07) is 0. The van der Waals surface area contributed by atoms with Crippen molar-refractivity contribution in [2.24, 2.45) is 0 Å². The largest absolute Gasteiger partial charge is 0.389 e. The molecule has 2 N–H and O–H groups in total. The summed E-state index contributed by atoms with van der Waals surface area (Å²) in [6.07, 6.45) is -0.509. The molecule has 0 spiro atoms. The van der Waals surface area contributed by atoms with Crippen molar-refractivity contribution in [2.45, 2.75) is 32.5 Å². The number of rotatable bonds is 6. The van der Waals surface area contributed by atoms with Gasteiger partial charge in [-0.05, 0) is 20.8 Å². The SMILES string of the molecule is C=C(Cl)CNCC(O)COC(C)(C)C. The Morgan fingerprint density at radius 2 is 2.14 bits per heavy atom. The summed E-state index contributed by atoms with van der Waals surface area (Å²) in [5.41, 5.74) is -0.211. The van der Waals surface area contributed by atoms with Crippen molar-refractivity contribution in [1.29, 1.82) is 0 Å². The molecular formula is C10H20ClNO2. The lowest BCUT2D eigenvalue weighted by molar-refractivity contribution is -0.0476. The van der Waals surface area contributed by atoms with Crippen LogP contribution in [0.15, 0.2) is 11.6 Å². The first-order chi connectivity index (χ1) is 6.31. The highest BCUT2D eigenvalue weighted by Crippen LogP contribution is 2.06. The molecule has 0 aromatic rings. The molecule has 14 heavy (non-hydrogen) atoms. The Kier molecular flexibility index (Phi) is 6.36. The van der Waals surface area contributed by atoms with Gasteiger partial charge in [0.25, 0.3) is 0 Å². The predicted molar refractivity (Wildman–Crippen MR) is 59.6 cm³/mol. The summed E-state index contributed by atoms with van der Waals surface area (Å²) in [5.74, 6) is 0. The molecule has 0 radical (unpaired) electrons. The van der Waals surface area contributed by atoms with Crippen molar-refractivity contribution < 1.29 is 9.84 Å². The van der Waals surface area contributed by atoms with Gasteiger partial charge in [0, 0.05) is 18.1 Å². The van der Waals surface area contributed by atoms with Crippen LogP contribution < -0.4 is 5.32 Å². The fourth-order valence-electron chi connectivity index (χ4n) is 0.780. The minimum absolute atomic E-state index is 0.211. The molecule has 0 bridgehead atoms. The zero-order valence-electron chi connectivity index (χ0n) is 9.14. The zero-order chi connectivity index (χ0) is 11.2. The fraction of sp³-hybridized carbons (Fsp3) is 0.800. The Labute approximate surface area is 91.1 Å². The van der Waals surface area contributed by atoms with Gasteiger partial charge in [-0.15, -0.1) is 0 Å². The Balaban J connectivity index is 3.46. The van der Waals surface area contributed by atoms with Crippen molar-refractivity contribution in [3.05, 3.63) is 11.6 Å². The van der Waals surface area contributed by atoms with Gasteiger partial charge in [-0.25, -0.2) is 0 Å². The van der Waals surface area contributed by atoms with E-state index in [9.17, 15) is 5.11 Å². The molecule has 0 aliphatic carbocycles. The topological polar surface area (TPSA) is 41.5 Å². The Bertz CT molecular complexity index is 177. The highest BCUT2D eigenvalue weighted by atomic mass is 35.5. The van der Waals surface area contributed by atoms with E-state index in [2.05, 4.69) is 11.9 Å². The predicted octanol–water partition coefficient (Wildman–Crippen LogP) is 1.50. The third-order valence-electron chi connectivity index (χ3n) is 1.41. The monoisotopic (exact) mass is 221 g/mol. The summed E-state index contributed by atoms with van der Waals surface area (Å²) in [5, 5.41) is 13.0. The maximum atomic E-state index is 9.47. The summed E-state index contributed by atoms with van der Waals surface area (Å²) in [4.78, 5) is 0. The van der Waals surface area contributed by atoms with Crippen molar-refractivity contribution in [3.63, 3.8) is 0 Å². The minimum Gasteiger partial charge on any atom is -0.389 e. The first-order valence-corrected chi connectivity index (χ1v) is 5.05. The van der Waals surface area contributed by atoms with E-state index in [1.54, 1.807) is 0 Å². The van der Waals surface area contributed by atoms with Crippen molar-refractivity contribution in [2.75, 3.05) is 19.7 Å². The normalized spacial score (nSPS) is 14.1. The number of halogens is 1. The quantitative estimate of drug-likeness (QED) is 0.715. The molecule has 1 unspecified atom stereocenters. The van der Waals surface area contributed by atoms with E-state index < -0.39 is 6.10 Å². The van der Waals surface area contributed by atoms with E-state index in [1.807, 2.05) is 20.8 Å². The third kappa shape index (κ3) is 9.99. The molecule has 0 saturated carbocycles. The van der Waals surface area contributed by atoms with Crippen LogP contribution in [0.25, 0.3) is 0 Å². The second-order valence-corrected chi connectivity index (χ2v) is 4.76. The number of hydrogen-bond acceptors (Lipinski definition) is 3. The third-order valence-corrected chi connectivity index (χ3v) is 1.54. The van der Waals surface area contributed by atoms with Crippen LogP contribution >= 0.6 is 11.6 Å². The number of aliphatic hydroxyl groups is 1. The van der Waals surface area contributed by atoms with Crippen LogP contribution in [0.5, 0.6) is 0 Å². The van der Waals surface area contributed by atoms with Gasteiger partial charge in [-0.3, -0.25) is 0 Å². The summed E-state index contributed by atoms with van der Waals surface area (Å²) in [7, 11) is 0. The minimum atomic E-state index is -0.509. The Morgan fingerprint density at radius 1 is 1.57 bits per heavy atom. The van der Waals surface area contributed by atoms with Crippen LogP contribution in [0.2, 0.25) is 0 Å². The number of ether oxygens (including phenoxy) is 1. The smallest absolute Gasteiger partial charge is 0.0898 e. The van der Waals surface area contributed by atoms with Gasteiger partial charge in [0.2, 0.25) is 0 Å². The number of nitrogens with one attached hydrogen (secondary N) is 1. The first kappa shape index (κ1) is 13.9. The van der Waals surface area contributed by atoms with Gasteiger partial charge >= 0.3 is 0 Å². The van der Waals surface area contributed by atoms with Gasteiger partial charge in [0.1, 0.15) is 0 Å². The molecule has 0 aromatic heterocycles. The molecule has 0 aliphatic rings. The molecule has 4 heteroatoms. The van der Waals surface area contributed by atoms with E-state index in [-0.39, 0.29) is 5.60 Å². The lowest BCUT2D eigenvalue weighted by Crippen LogP contribution is -2.34. The molecule has 0 aromatic carbocycles. The maximum absolute atomic E-state index is 9.47. The van der Waals surface area contributed by atoms with Gasteiger partial charge in [-0.1, -0.05) is 18.2 Å². The van der Waals surface area contributed by atoms with Crippen molar-refractivity contribution in [3.8, 4) is 0 Å². The van der Waals surface area contributed by atoms with E-state index >= 15 is 0 Å². The van der Waals surface area contributed by atoms with Crippen LogP contribution in [0, 0.1) is 0 Å². The van der Waals surface area contributed by atoms with Crippen LogP contribution in [-0.2, 0) is 4.74 Å². The first-order valence-electron chi connectivity index (χ1n) is 4.67. The molecule has 0 heterocycles. The Hall–Kier alpha value is -0.0900. The maximum Gasteiger partial charge on any atom is 0.0898 e. The van der Waals surface area contributed by atoms with Crippen LogP contribution in [0.1, 0.15) is 20.8 Å². The van der Waals surface area contributed by atoms with E-state index in [4.69, 9.17) is 16.3 Å². The second-order valence-electron chi connectivity index (χ2n) is 4.23. The average molecular weight is 222 g/mol. The van der Waals surface area contributed by atoms with E-state index in [0.29, 0.717) is 24.7 Å². The van der Waals surface area contributed by atoms with Crippen LogP contribution in [0.4, 0.5) is 0 Å². The molecular weight excluding hydrogens is 202 g/mol. The van der Waals surface area contributed by atoms with Gasteiger partial charge in [0.15, 0.2) is 0 Å². The second kappa shape index (κ2) is 6.40. The molecule has 1 atom stereocenters. The summed E-state index contributed by atoms with van der Waals surface area (Å²) in [6.45, 7) is 10.7.